The van der Waals surface area contributed by atoms with Crippen LogP contribution in [0.4, 0.5) is 10.2 Å². The average molecular weight is 450 g/mol. The molecule has 162 valence electrons. The number of carbonyl (C=O) groups excluding carboxylic acids is 2. The quantitative estimate of drug-likeness (QED) is 0.509. The van der Waals surface area contributed by atoms with E-state index in [1.54, 1.807) is 41.6 Å². The van der Waals surface area contributed by atoms with Crippen molar-refractivity contribution in [3.8, 4) is 11.3 Å². The van der Waals surface area contributed by atoms with Crippen LogP contribution in [0, 0.1) is 11.7 Å². The van der Waals surface area contributed by atoms with Gasteiger partial charge in [0.15, 0.2) is 4.96 Å². The molecule has 4 heterocycles. The largest absolute Gasteiger partial charge is 0.339 e. The third-order valence-corrected chi connectivity index (χ3v) is 6.46. The second-order valence-electron chi connectivity index (χ2n) is 7.66. The van der Waals surface area contributed by atoms with Gasteiger partial charge in [-0.15, -0.1) is 11.3 Å². The number of benzene rings is 1. The first-order chi connectivity index (χ1) is 15.6. The first-order valence-corrected chi connectivity index (χ1v) is 11.2. The van der Waals surface area contributed by atoms with Crippen LogP contribution in [0.3, 0.4) is 0 Å². The Balaban J connectivity index is 1.31. The van der Waals surface area contributed by atoms with Gasteiger partial charge in [0.05, 0.1) is 0 Å². The van der Waals surface area contributed by atoms with Crippen LogP contribution in [-0.2, 0) is 4.79 Å². The van der Waals surface area contributed by atoms with Crippen molar-refractivity contribution in [3.05, 3.63) is 71.7 Å². The van der Waals surface area contributed by atoms with Crippen LogP contribution >= 0.6 is 11.3 Å². The SMILES string of the molecule is O=C(Nc1c(-c2ccc(F)cc2)nc2sccn12)C1CCN(C(=O)c2ccncc2)CC1. The van der Waals surface area contributed by atoms with Gasteiger partial charge < -0.3 is 10.2 Å². The highest BCUT2D eigenvalue weighted by atomic mass is 32.1. The van der Waals surface area contributed by atoms with Crippen LogP contribution in [0.15, 0.2) is 60.4 Å². The van der Waals surface area contributed by atoms with E-state index in [4.69, 9.17) is 0 Å². The van der Waals surface area contributed by atoms with Crippen LogP contribution in [0.25, 0.3) is 16.2 Å². The van der Waals surface area contributed by atoms with E-state index in [1.807, 2.05) is 16.0 Å². The number of hydrogen-bond acceptors (Lipinski definition) is 5. The van der Waals surface area contributed by atoms with Crippen LogP contribution < -0.4 is 5.32 Å². The molecule has 0 unspecified atom stereocenters. The minimum absolute atomic E-state index is 0.0411. The van der Waals surface area contributed by atoms with Crippen molar-refractivity contribution in [2.45, 2.75) is 12.8 Å². The Morgan fingerprint density at radius 1 is 1.06 bits per heavy atom. The van der Waals surface area contributed by atoms with E-state index in [0.717, 1.165) is 10.5 Å². The lowest BCUT2D eigenvalue weighted by atomic mass is 9.95. The molecular weight excluding hydrogens is 429 g/mol. The van der Waals surface area contributed by atoms with Gasteiger partial charge in [-0.25, -0.2) is 9.37 Å². The molecular formula is C23H20FN5O2S. The number of imidazole rings is 1. The molecule has 0 atom stereocenters. The Morgan fingerprint density at radius 2 is 1.78 bits per heavy atom. The molecule has 5 rings (SSSR count). The molecule has 0 saturated carbocycles. The maximum Gasteiger partial charge on any atom is 0.253 e. The second kappa shape index (κ2) is 8.51. The molecule has 7 nitrogen and oxygen atoms in total. The molecule has 0 radical (unpaired) electrons. The molecule has 32 heavy (non-hydrogen) atoms. The Labute approximate surface area is 187 Å². The molecule has 0 aliphatic carbocycles. The van der Waals surface area contributed by atoms with Crippen molar-refractivity contribution < 1.29 is 14.0 Å². The summed E-state index contributed by atoms with van der Waals surface area (Å²) in [5, 5.41) is 4.94. The normalized spacial score (nSPS) is 14.6. The van der Waals surface area contributed by atoms with Gasteiger partial charge in [-0.2, -0.15) is 0 Å². The molecule has 4 aromatic rings. The summed E-state index contributed by atoms with van der Waals surface area (Å²) in [4.78, 5) is 36.8. The summed E-state index contributed by atoms with van der Waals surface area (Å²) in [5.74, 6) is -0.0960. The van der Waals surface area contributed by atoms with Gasteiger partial charge in [-0.1, -0.05) is 0 Å². The second-order valence-corrected chi connectivity index (χ2v) is 8.54. The number of amides is 2. The number of anilines is 1. The van der Waals surface area contributed by atoms with Gasteiger partial charge in [-0.05, 0) is 49.2 Å². The highest BCUT2D eigenvalue weighted by Gasteiger charge is 2.29. The molecule has 9 heteroatoms. The summed E-state index contributed by atoms with van der Waals surface area (Å²) >= 11 is 1.46. The van der Waals surface area contributed by atoms with Crippen molar-refractivity contribution >= 4 is 33.9 Å². The van der Waals surface area contributed by atoms with Gasteiger partial charge in [0, 0.05) is 54.1 Å². The van der Waals surface area contributed by atoms with Gasteiger partial charge in [0.2, 0.25) is 5.91 Å². The third-order valence-electron chi connectivity index (χ3n) is 5.70. The maximum absolute atomic E-state index is 13.4. The van der Waals surface area contributed by atoms with Gasteiger partial charge in [0.25, 0.3) is 5.91 Å². The van der Waals surface area contributed by atoms with Crippen molar-refractivity contribution in [1.82, 2.24) is 19.3 Å². The topological polar surface area (TPSA) is 79.6 Å². The maximum atomic E-state index is 13.4. The first kappa shape index (κ1) is 20.3. The zero-order valence-corrected chi connectivity index (χ0v) is 17.9. The molecule has 1 N–H and O–H groups in total. The minimum Gasteiger partial charge on any atom is -0.339 e. The summed E-state index contributed by atoms with van der Waals surface area (Å²) < 4.78 is 15.2. The molecule has 1 aromatic carbocycles. The zero-order valence-electron chi connectivity index (χ0n) is 17.1. The van der Waals surface area contributed by atoms with Crippen molar-refractivity contribution in [2.75, 3.05) is 18.4 Å². The number of thiazole rings is 1. The lowest BCUT2D eigenvalue weighted by Crippen LogP contribution is -2.41. The monoisotopic (exact) mass is 449 g/mol. The summed E-state index contributed by atoms with van der Waals surface area (Å²) in [6.45, 7) is 1.04. The van der Waals surface area contributed by atoms with E-state index in [0.29, 0.717) is 43.0 Å². The third kappa shape index (κ3) is 3.87. The summed E-state index contributed by atoms with van der Waals surface area (Å²) in [6, 6.07) is 9.46. The molecule has 1 fully saturated rings. The Kier molecular flexibility index (Phi) is 5.40. The predicted molar refractivity (Wildman–Crippen MR) is 120 cm³/mol. The molecule has 1 aliphatic rings. The van der Waals surface area contributed by atoms with E-state index >= 15 is 0 Å². The number of pyridine rings is 1. The van der Waals surface area contributed by atoms with Crippen molar-refractivity contribution in [2.24, 2.45) is 5.92 Å². The Hall–Kier alpha value is -3.59. The number of rotatable bonds is 4. The Bertz CT molecular complexity index is 1260. The molecule has 2 amide bonds. The number of aromatic nitrogens is 3. The fraction of sp³-hybridized carbons (Fsp3) is 0.217. The summed E-state index contributed by atoms with van der Waals surface area (Å²) in [5.41, 5.74) is 1.94. The van der Waals surface area contributed by atoms with E-state index in [1.165, 1.54) is 23.5 Å². The van der Waals surface area contributed by atoms with Crippen LogP contribution in [0.1, 0.15) is 23.2 Å². The lowest BCUT2D eigenvalue weighted by molar-refractivity contribution is -0.121. The number of fused-ring (bicyclic) bond motifs is 1. The van der Waals surface area contributed by atoms with Crippen LogP contribution in [-0.4, -0.2) is 44.2 Å². The van der Waals surface area contributed by atoms with E-state index in [-0.39, 0.29) is 23.5 Å². The molecule has 0 spiro atoms. The molecule has 3 aromatic heterocycles. The number of likely N-dealkylation sites (tertiary alicyclic amines) is 1. The fourth-order valence-electron chi connectivity index (χ4n) is 3.95. The van der Waals surface area contributed by atoms with Gasteiger partial charge >= 0.3 is 0 Å². The summed E-state index contributed by atoms with van der Waals surface area (Å²) in [7, 11) is 0. The Morgan fingerprint density at radius 3 is 2.50 bits per heavy atom. The predicted octanol–water partition coefficient (Wildman–Crippen LogP) is 4.09. The number of nitrogens with one attached hydrogen (secondary N) is 1. The fourth-order valence-corrected chi connectivity index (χ4v) is 4.67. The molecule has 1 aliphatic heterocycles. The number of hydrogen-bond donors (Lipinski definition) is 1. The lowest BCUT2D eigenvalue weighted by Gasteiger charge is -2.31. The number of carbonyl (C=O) groups is 2. The number of nitrogens with zero attached hydrogens (tertiary/aromatic N) is 4. The molecule has 0 bridgehead atoms. The smallest absolute Gasteiger partial charge is 0.253 e. The highest BCUT2D eigenvalue weighted by Crippen LogP contribution is 2.32. The van der Waals surface area contributed by atoms with E-state index in [2.05, 4.69) is 15.3 Å². The standard InChI is InChI=1S/C23H20FN5O2S/c24-18-3-1-15(2-4-18)19-20(29-13-14-32-23(29)26-19)27-21(30)16-7-11-28(12-8-16)22(31)17-5-9-25-10-6-17/h1-6,9-10,13-14,16H,7-8,11-12H2,(H,27,30). The van der Waals surface area contributed by atoms with Crippen molar-refractivity contribution in [3.63, 3.8) is 0 Å². The average Bonchev–Trinajstić information content (AvgIpc) is 3.42. The van der Waals surface area contributed by atoms with Gasteiger partial charge in [0.1, 0.15) is 17.3 Å². The van der Waals surface area contributed by atoms with Crippen molar-refractivity contribution in [1.29, 1.82) is 0 Å². The minimum atomic E-state index is -0.326. The molecule has 1 saturated heterocycles. The van der Waals surface area contributed by atoms with Crippen LogP contribution in [0.2, 0.25) is 0 Å². The van der Waals surface area contributed by atoms with E-state index < -0.39 is 0 Å². The highest BCUT2D eigenvalue weighted by molar-refractivity contribution is 7.15. The first-order valence-electron chi connectivity index (χ1n) is 10.3. The zero-order chi connectivity index (χ0) is 22.1. The number of piperidine rings is 1. The summed E-state index contributed by atoms with van der Waals surface area (Å²) in [6.07, 6.45) is 6.22. The van der Waals surface area contributed by atoms with Gasteiger partial charge in [-0.3, -0.25) is 19.0 Å². The van der Waals surface area contributed by atoms with Crippen LogP contribution in [0.5, 0.6) is 0 Å². The van der Waals surface area contributed by atoms with E-state index in [9.17, 15) is 14.0 Å². The number of halogens is 1.